The molecule has 0 N–H and O–H groups in total. The van der Waals surface area contributed by atoms with Crippen molar-refractivity contribution < 1.29 is 9.47 Å². The molecule has 0 aromatic carbocycles. The van der Waals surface area contributed by atoms with Crippen LogP contribution in [0.15, 0.2) is 18.2 Å². The zero-order chi connectivity index (χ0) is 18.6. The molecule has 27 heavy (non-hydrogen) atoms. The van der Waals surface area contributed by atoms with E-state index in [-0.39, 0.29) is 0 Å². The van der Waals surface area contributed by atoms with Gasteiger partial charge >= 0.3 is 0 Å². The van der Waals surface area contributed by atoms with Crippen LogP contribution in [0.2, 0.25) is 0 Å². The van der Waals surface area contributed by atoms with E-state index in [9.17, 15) is 5.26 Å². The summed E-state index contributed by atoms with van der Waals surface area (Å²) in [7, 11) is 0. The first-order valence-electron chi connectivity index (χ1n) is 9.41. The van der Waals surface area contributed by atoms with E-state index in [1.165, 1.54) is 0 Å². The second-order valence-electron chi connectivity index (χ2n) is 7.13. The fraction of sp³-hybridized carbons (Fsp3) is 0.500. The topological polar surface area (TPSA) is 84.2 Å². The standard InChI is InChI=1S/C20H23N5O2/c1-14-2-3-19(24-23-14)27-12-15-4-7-25(8-5-15)20-16(11-21)10-17-13-26-9-6-18(17)22-20/h2-3,10,15H,4-9,12-13H2,1H3. The van der Waals surface area contributed by atoms with Gasteiger partial charge in [-0.05, 0) is 37.8 Å². The number of fused-ring (bicyclic) bond motifs is 1. The average molecular weight is 365 g/mol. The van der Waals surface area contributed by atoms with E-state index in [0.29, 0.717) is 37.2 Å². The molecule has 0 saturated carbocycles. The van der Waals surface area contributed by atoms with Crippen LogP contribution in [0.4, 0.5) is 5.82 Å². The number of aryl methyl sites for hydroxylation is 1. The van der Waals surface area contributed by atoms with Crippen LogP contribution in [0.3, 0.4) is 0 Å². The number of piperidine rings is 1. The van der Waals surface area contributed by atoms with Gasteiger partial charge in [-0.25, -0.2) is 4.98 Å². The van der Waals surface area contributed by atoms with Crippen LogP contribution in [0.5, 0.6) is 5.88 Å². The third kappa shape index (κ3) is 4.01. The third-order valence-corrected chi connectivity index (χ3v) is 5.19. The summed E-state index contributed by atoms with van der Waals surface area (Å²) in [4.78, 5) is 7.04. The van der Waals surface area contributed by atoms with Gasteiger partial charge in [0.15, 0.2) is 0 Å². The van der Waals surface area contributed by atoms with E-state index < -0.39 is 0 Å². The Hall–Kier alpha value is -2.72. The summed E-state index contributed by atoms with van der Waals surface area (Å²) in [5, 5.41) is 17.6. The normalized spacial score (nSPS) is 17.3. The summed E-state index contributed by atoms with van der Waals surface area (Å²) >= 11 is 0. The fourth-order valence-electron chi connectivity index (χ4n) is 3.58. The quantitative estimate of drug-likeness (QED) is 0.822. The van der Waals surface area contributed by atoms with Crippen LogP contribution in [0, 0.1) is 24.2 Å². The highest BCUT2D eigenvalue weighted by Crippen LogP contribution is 2.28. The molecule has 0 unspecified atom stereocenters. The maximum atomic E-state index is 9.54. The molecule has 2 aliphatic rings. The summed E-state index contributed by atoms with van der Waals surface area (Å²) in [5.41, 5.74) is 3.64. The van der Waals surface area contributed by atoms with Gasteiger partial charge in [0.1, 0.15) is 11.9 Å². The van der Waals surface area contributed by atoms with Crippen molar-refractivity contribution in [3.63, 3.8) is 0 Å². The summed E-state index contributed by atoms with van der Waals surface area (Å²) in [5.74, 6) is 1.87. The Morgan fingerprint density at radius 2 is 2.15 bits per heavy atom. The van der Waals surface area contributed by atoms with Crippen LogP contribution in [0.25, 0.3) is 0 Å². The molecule has 0 amide bonds. The van der Waals surface area contributed by atoms with Gasteiger partial charge in [0.05, 0.1) is 36.8 Å². The molecule has 7 heteroatoms. The molecule has 0 atom stereocenters. The van der Waals surface area contributed by atoms with E-state index in [2.05, 4.69) is 21.2 Å². The van der Waals surface area contributed by atoms with Crippen LogP contribution in [-0.4, -0.2) is 41.5 Å². The number of aromatic nitrogens is 3. The minimum atomic E-state index is 0.473. The zero-order valence-electron chi connectivity index (χ0n) is 15.5. The number of rotatable bonds is 4. The summed E-state index contributed by atoms with van der Waals surface area (Å²) in [6.45, 7) is 5.57. The Bertz CT molecular complexity index is 839. The lowest BCUT2D eigenvalue weighted by atomic mass is 9.97. The minimum absolute atomic E-state index is 0.473. The van der Waals surface area contributed by atoms with Crippen molar-refractivity contribution in [2.75, 3.05) is 31.2 Å². The number of ether oxygens (including phenoxy) is 2. The van der Waals surface area contributed by atoms with Gasteiger partial charge in [0.25, 0.3) is 0 Å². The van der Waals surface area contributed by atoms with Gasteiger partial charge in [-0.2, -0.15) is 10.4 Å². The Labute approximate surface area is 158 Å². The first-order valence-corrected chi connectivity index (χ1v) is 9.41. The largest absolute Gasteiger partial charge is 0.476 e. The summed E-state index contributed by atoms with van der Waals surface area (Å²) in [6, 6.07) is 8.01. The molecule has 140 valence electrons. The number of nitriles is 1. The zero-order valence-corrected chi connectivity index (χ0v) is 15.5. The van der Waals surface area contributed by atoms with Gasteiger partial charge in [-0.15, -0.1) is 5.10 Å². The molecule has 2 aliphatic heterocycles. The number of hydrogen-bond donors (Lipinski definition) is 0. The molecule has 0 radical (unpaired) electrons. The molecular weight excluding hydrogens is 342 g/mol. The lowest BCUT2D eigenvalue weighted by Gasteiger charge is -2.33. The smallest absolute Gasteiger partial charge is 0.233 e. The number of nitrogens with zero attached hydrogens (tertiary/aromatic N) is 5. The molecule has 0 spiro atoms. The Morgan fingerprint density at radius 3 is 2.89 bits per heavy atom. The first kappa shape index (κ1) is 17.7. The van der Waals surface area contributed by atoms with E-state index in [0.717, 1.165) is 55.1 Å². The SMILES string of the molecule is Cc1ccc(OCC2CCN(c3nc4c(cc3C#N)COCC4)CC2)nn1. The summed E-state index contributed by atoms with van der Waals surface area (Å²) in [6.07, 6.45) is 2.83. The van der Waals surface area contributed by atoms with E-state index in [1.807, 2.05) is 25.1 Å². The predicted molar refractivity (Wildman–Crippen MR) is 99.5 cm³/mol. The fourth-order valence-corrected chi connectivity index (χ4v) is 3.58. The van der Waals surface area contributed by atoms with Crippen LogP contribution < -0.4 is 9.64 Å². The molecule has 7 nitrogen and oxygen atoms in total. The predicted octanol–water partition coefficient (Wildman–Crippen LogP) is 2.42. The highest BCUT2D eigenvalue weighted by atomic mass is 16.5. The molecule has 0 aliphatic carbocycles. The van der Waals surface area contributed by atoms with Gasteiger partial charge < -0.3 is 14.4 Å². The van der Waals surface area contributed by atoms with E-state index in [1.54, 1.807) is 0 Å². The van der Waals surface area contributed by atoms with Crippen molar-refractivity contribution in [1.29, 1.82) is 5.26 Å². The van der Waals surface area contributed by atoms with Gasteiger partial charge in [-0.3, -0.25) is 0 Å². The van der Waals surface area contributed by atoms with Crippen molar-refractivity contribution >= 4 is 5.82 Å². The molecule has 1 fully saturated rings. The highest BCUT2D eigenvalue weighted by Gasteiger charge is 2.24. The maximum Gasteiger partial charge on any atom is 0.233 e. The van der Waals surface area contributed by atoms with Gasteiger partial charge in [0, 0.05) is 31.1 Å². The molecule has 1 saturated heterocycles. The molecule has 0 bridgehead atoms. The van der Waals surface area contributed by atoms with Crippen LogP contribution >= 0.6 is 0 Å². The van der Waals surface area contributed by atoms with Crippen molar-refractivity contribution in [2.45, 2.75) is 32.8 Å². The van der Waals surface area contributed by atoms with Crippen LogP contribution in [0.1, 0.15) is 35.4 Å². The first-order chi connectivity index (χ1) is 13.2. The molecule has 2 aromatic rings. The Balaban J connectivity index is 1.37. The number of pyridine rings is 1. The Morgan fingerprint density at radius 1 is 1.30 bits per heavy atom. The number of hydrogen-bond acceptors (Lipinski definition) is 7. The van der Waals surface area contributed by atoms with E-state index in [4.69, 9.17) is 14.5 Å². The second kappa shape index (κ2) is 7.89. The van der Waals surface area contributed by atoms with Gasteiger partial charge in [-0.1, -0.05) is 0 Å². The maximum absolute atomic E-state index is 9.54. The third-order valence-electron chi connectivity index (χ3n) is 5.19. The highest BCUT2D eigenvalue weighted by molar-refractivity contribution is 5.56. The summed E-state index contributed by atoms with van der Waals surface area (Å²) < 4.78 is 11.3. The number of anilines is 1. The van der Waals surface area contributed by atoms with Crippen molar-refractivity contribution in [3.05, 3.63) is 40.7 Å². The van der Waals surface area contributed by atoms with Crippen molar-refractivity contribution in [1.82, 2.24) is 15.2 Å². The second-order valence-corrected chi connectivity index (χ2v) is 7.13. The molecular formula is C20H23N5O2. The van der Waals surface area contributed by atoms with Crippen molar-refractivity contribution in [2.24, 2.45) is 5.92 Å². The minimum Gasteiger partial charge on any atom is -0.476 e. The van der Waals surface area contributed by atoms with Crippen molar-refractivity contribution in [3.8, 4) is 11.9 Å². The average Bonchev–Trinajstić information content (AvgIpc) is 2.73. The monoisotopic (exact) mass is 365 g/mol. The molecule has 2 aromatic heterocycles. The van der Waals surface area contributed by atoms with Gasteiger partial charge in [0.2, 0.25) is 5.88 Å². The lowest BCUT2D eigenvalue weighted by Crippen LogP contribution is -2.37. The van der Waals surface area contributed by atoms with Crippen LogP contribution in [-0.2, 0) is 17.8 Å². The Kier molecular flexibility index (Phi) is 5.16. The lowest BCUT2D eigenvalue weighted by molar-refractivity contribution is 0.109. The molecule has 4 rings (SSSR count). The van der Waals surface area contributed by atoms with E-state index >= 15 is 0 Å². The molecule has 4 heterocycles.